The van der Waals surface area contributed by atoms with E-state index in [-0.39, 0.29) is 16.5 Å². The van der Waals surface area contributed by atoms with Crippen molar-refractivity contribution in [3.8, 4) is 5.75 Å². The molecule has 2 aromatic carbocycles. The average Bonchev–Trinajstić information content (AvgIpc) is 2.80. The fourth-order valence-corrected chi connectivity index (χ4v) is 3.57. The van der Waals surface area contributed by atoms with Crippen LogP contribution in [-0.4, -0.2) is 37.6 Å². The molecule has 0 aliphatic carbocycles. The van der Waals surface area contributed by atoms with Gasteiger partial charge in [0.05, 0.1) is 6.21 Å². The number of aromatic hydroxyl groups is 1. The van der Waals surface area contributed by atoms with Crippen LogP contribution in [0.15, 0.2) is 56.9 Å². The first-order valence-electron chi connectivity index (χ1n) is 6.59. The number of halogens is 1. The van der Waals surface area contributed by atoms with Gasteiger partial charge in [-0.15, -0.1) is 4.40 Å². The summed E-state index contributed by atoms with van der Waals surface area (Å²) < 4.78 is 27.8. The minimum absolute atomic E-state index is 0.0212. The Morgan fingerprint density at radius 3 is 2.78 bits per heavy atom. The van der Waals surface area contributed by atoms with E-state index < -0.39 is 10.0 Å². The lowest BCUT2D eigenvalue weighted by Crippen LogP contribution is -2.21. The van der Waals surface area contributed by atoms with Crippen LogP contribution in [0.4, 0.5) is 0 Å². The molecule has 8 heteroatoms. The summed E-state index contributed by atoms with van der Waals surface area (Å²) in [7, 11) is -2.12. The number of fused-ring (bicyclic) bond motifs is 1. The highest BCUT2D eigenvalue weighted by atomic mass is 35.5. The second kappa shape index (κ2) is 5.68. The van der Waals surface area contributed by atoms with Crippen molar-refractivity contribution in [1.82, 2.24) is 5.01 Å². The van der Waals surface area contributed by atoms with Gasteiger partial charge in [0.2, 0.25) is 0 Å². The minimum Gasteiger partial charge on any atom is -0.507 e. The van der Waals surface area contributed by atoms with Crippen LogP contribution in [0.1, 0.15) is 11.1 Å². The topological polar surface area (TPSA) is 82.3 Å². The van der Waals surface area contributed by atoms with Crippen LogP contribution < -0.4 is 0 Å². The predicted molar refractivity (Wildman–Crippen MR) is 88.6 cm³/mol. The second-order valence-corrected chi connectivity index (χ2v) is 6.87. The van der Waals surface area contributed by atoms with Gasteiger partial charge in [0.15, 0.2) is 5.84 Å². The normalized spacial score (nSPS) is 15.5. The zero-order valence-electron chi connectivity index (χ0n) is 12.0. The highest BCUT2D eigenvalue weighted by molar-refractivity contribution is 7.90. The molecular formula is C15H12ClN3O3S. The Hall–Kier alpha value is -2.38. The van der Waals surface area contributed by atoms with E-state index in [9.17, 15) is 13.5 Å². The van der Waals surface area contributed by atoms with Gasteiger partial charge in [-0.2, -0.15) is 13.5 Å². The van der Waals surface area contributed by atoms with Crippen molar-refractivity contribution < 1.29 is 13.5 Å². The van der Waals surface area contributed by atoms with Crippen LogP contribution in [0, 0.1) is 0 Å². The highest BCUT2D eigenvalue weighted by Gasteiger charge is 2.30. The molecule has 3 rings (SSSR count). The average molecular weight is 350 g/mol. The van der Waals surface area contributed by atoms with Crippen molar-refractivity contribution >= 4 is 33.7 Å². The van der Waals surface area contributed by atoms with E-state index in [1.54, 1.807) is 37.4 Å². The number of nitrogens with zero attached hydrogens (tertiary/aromatic N) is 3. The van der Waals surface area contributed by atoms with Gasteiger partial charge < -0.3 is 5.11 Å². The van der Waals surface area contributed by atoms with Crippen LogP contribution in [0.5, 0.6) is 5.75 Å². The molecule has 1 heterocycles. The summed E-state index contributed by atoms with van der Waals surface area (Å²) in [6.07, 6.45) is 1.39. The predicted octanol–water partition coefficient (Wildman–Crippen LogP) is 2.46. The number of phenols is 1. The lowest BCUT2D eigenvalue weighted by Gasteiger charge is -2.12. The second-order valence-electron chi connectivity index (χ2n) is 4.86. The minimum atomic E-state index is -3.70. The molecule has 2 aromatic rings. The fraction of sp³-hybridized carbons (Fsp3) is 0.0667. The quantitative estimate of drug-likeness (QED) is 0.667. The molecule has 6 nitrogen and oxygen atoms in total. The summed E-state index contributed by atoms with van der Waals surface area (Å²) in [5, 5.41) is 15.7. The number of sulfonamides is 1. The van der Waals surface area contributed by atoms with Gasteiger partial charge >= 0.3 is 0 Å². The molecule has 1 aliphatic heterocycles. The summed E-state index contributed by atoms with van der Waals surface area (Å²) in [4.78, 5) is 0.155. The zero-order chi connectivity index (χ0) is 16.6. The maximum absolute atomic E-state index is 12.0. The van der Waals surface area contributed by atoms with Crippen molar-refractivity contribution in [3.05, 3.63) is 58.6 Å². The third-order valence-corrected chi connectivity index (χ3v) is 4.84. The van der Waals surface area contributed by atoms with E-state index in [0.717, 1.165) is 0 Å². The molecule has 0 unspecified atom stereocenters. The van der Waals surface area contributed by atoms with Crippen LogP contribution in [0.25, 0.3) is 0 Å². The van der Waals surface area contributed by atoms with E-state index in [1.165, 1.54) is 23.4 Å². The van der Waals surface area contributed by atoms with Gasteiger partial charge in [0.1, 0.15) is 10.6 Å². The van der Waals surface area contributed by atoms with Crippen molar-refractivity contribution in [1.29, 1.82) is 0 Å². The lowest BCUT2D eigenvalue weighted by molar-refractivity contribution is 0.474. The van der Waals surface area contributed by atoms with Crippen molar-refractivity contribution in [2.75, 3.05) is 7.05 Å². The van der Waals surface area contributed by atoms with Crippen LogP contribution in [0.3, 0.4) is 0 Å². The van der Waals surface area contributed by atoms with Crippen LogP contribution in [-0.2, 0) is 10.0 Å². The Labute approximate surface area is 138 Å². The number of phenolic OH excluding ortho intramolecular Hbond substituents is 1. The number of hydrogen-bond acceptors (Lipinski definition) is 5. The lowest BCUT2D eigenvalue weighted by atomic mass is 10.2. The molecule has 0 saturated carbocycles. The molecule has 0 radical (unpaired) electrons. The summed E-state index contributed by atoms with van der Waals surface area (Å²) in [6.45, 7) is 0. The first kappa shape index (κ1) is 15.5. The molecule has 0 atom stereocenters. The summed E-state index contributed by atoms with van der Waals surface area (Å²) in [5.74, 6) is 0.242. The molecule has 0 saturated heterocycles. The summed E-state index contributed by atoms with van der Waals surface area (Å²) in [5.41, 5.74) is 0.904. The van der Waals surface area contributed by atoms with E-state index in [1.807, 2.05) is 0 Å². The third kappa shape index (κ3) is 2.93. The maximum atomic E-state index is 12.0. The van der Waals surface area contributed by atoms with Gasteiger partial charge in [0.25, 0.3) is 10.0 Å². The molecule has 118 valence electrons. The molecular weight excluding hydrogens is 338 g/mol. The molecule has 0 bridgehead atoms. The SMILES string of the molecule is CN(/N=C\c1cc(Cl)ccc1O)C1=NS(=O)(=O)c2ccccc21. The number of benzene rings is 2. The van der Waals surface area contributed by atoms with Crippen LogP contribution in [0.2, 0.25) is 5.02 Å². The van der Waals surface area contributed by atoms with E-state index in [0.29, 0.717) is 16.1 Å². The number of rotatable bonds is 2. The Bertz CT molecular complexity index is 939. The van der Waals surface area contributed by atoms with Gasteiger partial charge in [-0.1, -0.05) is 23.7 Å². The molecule has 0 spiro atoms. The van der Waals surface area contributed by atoms with E-state index in [2.05, 4.69) is 9.50 Å². The summed E-state index contributed by atoms with van der Waals surface area (Å²) >= 11 is 5.87. The molecule has 0 amide bonds. The molecule has 1 N–H and O–H groups in total. The number of hydrogen-bond donors (Lipinski definition) is 1. The van der Waals surface area contributed by atoms with Crippen molar-refractivity contribution in [2.24, 2.45) is 9.50 Å². The fourth-order valence-electron chi connectivity index (χ4n) is 2.15. The Morgan fingerprint density at radius 2 is 2.00 bits per heavy atom. The third-order valence-electron chi connectivity index (χ3n) is 3.28. The Kier molecular flexibility index (Phi) is 3.83. The number of hydrazone groups is 1. The molecule has 23 heavy (non-hydrogen) atoms. The van der Waals surface area contributed by atoms with E-state index in [4.69, 9.17) is 11.6 Å². The van der Waals surface area contributed by atoms with Crippen LogP contribution >= 0.6 is 11.6 Å². The van der Waals surface area contributed by atoms with Gasteiger partial charge in [-0.05, 0) is 30.3 Å². The zero-order valence-corrected chi connectivity index (χ0v) is 13.6. The standard InChI is InChI=1S/C15H12ClN3O3S/c1-19(17-9-10-8-11(16)6-7-13(10)20)15-12-4-2-3-5-14(12)23(21,22)18-15/h2-9,20H,1H3/b17-9-. The van der Waals surface area contributed by atoms with E-state index >= 15 is 0 Å². The maximum Gasteiger partial charge on any atom is 0.285 e. The molecule has 0 fully saturated rings. The first-order chi connectivity index (χ1) is 10.9. The Morgan fingerprint density at radius 1 is 1.26 bits per heavy atom. The van der Waals surface area contributed by atoms with Gasteiger partial charge in [-0.25, -0.2) is 5.01 Å². The monoisotopic (exact) mass is 349 g/mol. The smallest absolute Gasteiger partial charge is 0.285 e. The highest BCUT2D eigenvalue weighted by Crippen LogP contribution is 2.27. The van der Waals surface area contributed by atoms with Crippen molar-refractivity contribution in [3.63, 3.8) is 0 Å². The largest absolute Gasteiger partial charge is 0.507 e. The number of amidine groups is 1. The molecule has 1 aliphatic rings. The van der Waals surface area contributed by atoms with Crippen molar-refractivity contribution in [2.45, 2.75) is 4.90 Å². The summed E-state index contributed by atoms with van der Waals surface area (Å²) in [6, 6.07) is 11.1. The molecule has 0 aromatic heterocycles. The van der Waals surface area contributed by atoms with Gasteiger partial charge in [-0.3, -0.25) is 0 Å². The first-order valence-corrected chi connectivity index (χ1v) is 8.41. The Balaban J connectivity index is 1.94. The van der Waals surface area contributed by atoms with Gasteiger partial charge in [0, 0.05) is 23.2 Å².